The van der Waals surface area contributed by atoms with E-state index in [1.165, 1.54) is 11.1 Å². The van der Waals surface area contributed by atoms with Crippen LogP contribution in [0.1, 0.15) is 24.5 Å². The summed E-state index contributed by atoms with van der Waals surface area (Å²) < 4.78 is 22.0. The predicted molar refractivity (Wildman–Crippen MR) is 106 cm³/mol. The van der Waals surface area contributed by atoms with Gasteiger partial charge in [-0.1, -0.05) is 37.1 Å². The molecule has 3 unspecified atom stereocenters. The number of rotatable bonds is 9. The largest absolute Gasteiger partial charge is 0.491 e. The molecule has 2 heterocycles. The first-order chi connectivity index (χ1) is 13.7. The molecular formula is C24H24O4. The van der Waals surface area contributed by atoms with Gasteiger partial charge in [-0.15, -0.1) is 5.92 Å². The maximum atomic E-state index is 5.79. The predicted octanol–water partition coefficient (Wildman–Crippen LogP) is 3.57. The Bertz CT molecular complexity index is 823. The van der Waals surface area contributed by atoms with Gasteiger partial charge in [0, 0.05) is 17.8 Å². The monoisotopic (exact) mass is 376 g/mol. The summed E-state index contributed by atoms with van der Waals surface area (Å²) >= 11 is 0. The number of ether oxygens (including phenoxy) is 4. The molecule has 4 nitrogen and oxygen atoms in total. The Morgan fingerprint density at radius 1 is 0.857 bits per heavy atom. The van der Waals surface area contributed by atoms with E-state index in [-0.39, 0.29) is 17.6 Å². The molecule has 0 amide bonds. The van der Waals surface area contributed by atoms with Crippen molar-refractivity contribution < 1.29 is 18.9 Å². The maximum absolute atomic E-state index is 5.79. The SMILES string of the molecule is CC(c1ccc(OCC2CO2)cc1)(c1ccc(OCC2CO2)cc1)C1C#CC1. The highest BCUT2D eigenvalue weighted by Gasteiger charge is 2.38. The molecule has 3 aliphatic rings. The second-order valence-corrected chi connectivity index (χ2v) is 7.86. The van der Waals surface area contributed by atoms with Crippen molar-refractivity contribution in [3.63, 3.8) is 0 Å². The van der Waals surface area contributed by atoms with Gasteiger partial charge < -0.3 is 18.9 Å². The zero-order chi connectivity index (χ0) is 19.0. The summed E-state index contributed by atoms with van der Waals surface area (Å²) in [5, 5.41) is 0. The molecular weight excluding hydrogens is 352 g/mol. The zero-order valence-electron chi connectivity index (χ0n) is 16.0. The van der Waals surface area contributed by atoms with Gasteiger partial charge in [0.1, 0.15) is 36.9 Å². The van der Waals surface area contributed by atoms with Crippen LogP contribution < -0.4 is 9.47 Å². The van der Waals surface area contributed by atoms with Crippen LogP contribution in [0, 0.1) is 17.8 Å². The molecule has 5 rings (SSSR count). The van der Waals surface area contributed by atoms with Gasteiger partial charge >= 0.3 is 0 Å². The fourth-order valence-electron chi connectivity index (χ4n) is 3.62. The Morgan fingerprint density at radius 3 is 1.61 bits per heavy atom. The highest BCUT2D eigenvalue weighted by molar-refractivity contribution is 5.47. The van der Waals surface area contributed by atoms with E-state index in [0.29, 0.717) is 19.1 Å². The lowest BCUT2D eigenvalue weighted by molar-refractivity contribution is 0.262. The molecule has 2 saturated heterocycles. The van der Waals surface area contributed by atoms with Crippen LogP contribution in [0.5, 0.6) is 11.5 Å². The van der Waals surface area contributed by atoms with Crippen LogP contribution in [0.3, 0.4) is 0 Å². The van der Waals surface area contributed by atoms with Gasteiger partial charge in [0.25, 0.3) is 0 Å². The quantitative estimate of drug-likeness (QED) is 0.496. The van der Waals surface area contributed by atoms with Crippen LogP contribution in [0.4, 0.5) is 0 Å². The van der Waals surface area contributed by atoms with E-state index in [2.05, 4.69) is 67.3 Å². The average molecular weight is 376 g/mol. The summed E-state index contributed by atoms with van der Waals surface area (Å²) in [6.07, 6.45) is 1.45. The van der Waals surface area contributed by atoms with Crippen molar-refractivity contribution in [2.75, 3.05) is 26.4 Å². The first kappa shape index (κ1) is 17.6. The van der Waals surface area contributed by atoms with E-state index in [4.69, 9.17) is 18.9 Å². The molecule has 0 N–H and O–H groups in total. The molecule has 0 spiro atoms. The Balaban J connectivity index is 1.36. The van der Waals surface area contributed by atoms with E-state index in [0.717, 1.165) is 31.1 Å². The van der Waals surface area contributed by atoms with Gasteiger partial charge in [0.05, 0.1) is 13.2 Å². The van der Waals surface area contributed by atoms with Crippen LogP contribution in [-0.4, -0.2) is 38.6 Å². The second kappa shape index (κ2) is 7.16. The highest BCUT2D eigenvalue weighted by atomic mass is 16.6. The fraction of sp³-hybridized carbons (Fsp3) is 0.417. The molecule has 2 aliphatic heterocycles. The first-order valence-corrected chi connectivity index (χ1v) is 9.90. The Hall–Kier alpha value is -2.48. The molecule has 28 heavy (non-hydrogen) atoms. The van der Waals surface area contributed by atoms with Crippen LogP contribution in [-0.2, 0) is 14.9 Å². The molecule has 0 saturated carbocycles. The third kappa shape index (κ3) is 3.61. The van der Waals surface area contributed by atoms with Gasteiger partial charge in [-0.2, -0.15) is 0 Å². The summed E-state index contributed by atoms with van der Waals surface area (Å²) in [5.74, 6) is 8.62. The molecule has 0 bridgehead atoms. The molecule has 2 aromatic rings. The molecule has 1 aliphatic carbocycles. The molecule has 3 atom stereocenters. The topological polar surface area (TPSA) is 43.5 Å². The van der Waals surface area contributed by atoms with Crippen molar-refractivity contribution in [1.82, 2.24) is 0 Å². The minimum absolute atomic E-state index is 0.165. The lowest BCUT2D eigenvalue weighted by Crippen LogP contribution is -2.35. The number of hydrogen-bond donors (Lipinski definition) is 0. The number of hydrogen-bond acceptors (Lipinski definition) is 4. The minimum Gasteiger partial charge on any atom is -0.491 e. The van der Waals surface area contributed by atoms with Crippen LogP contribution >= 0.6 is 0 Å². The molecule has 0 aromatic heterocycles. The van der Waals surface area contributed by atoms with E-state index in [1.807, 2.05) is 0 Å². The number of benzene rings is 2. The van der Waals surface area contributed by atoms with Gasteiger partial charge in [0.15, 0.2) is 0 Å². The Labute approximate surface area is 165 Å². The summed E-state index contributed by atoms with van der Waals surface area (Å²) in [6, 6.07) is 16.9. The minimum atomic E-state index is -0.165. The lowest BCUT2D eigenvalue weighted by atomic mass is 9.64. The van der Waals surface area contributed by atoms with Crippen molar-refractivity contribution in [3.05, 3.63) is 59.7 Å². The summed E-state index contributed by atoms with van der Waals surface area (Å²) in [6.45, 7) is 5.15. The van der Waals surface area contributed by atoms with Crippen LogP contribution in [0.15, 0.2) is 48.5 Å². The van der Waals surface area contributed by atoms with Crippen molar-refractivity contribution in [1.29, 1.82) is 0 Å². The van der Waals surface area contributed by atoms with Gasteiger partial charge in [-0.3, -0.25) is 0 Å². The third-order valence-electron chi connectivity index (χ3n) is 5.86. The Morgan fingerprint density at radius 2 is 1.29 bits per heavy atom. The standard InChI is InChI=1S/C24H24O4/c1-24(17-3-2-4-17,18-5-9-20(10-6-18)25-13-22-15-27-22)19-7-11-21(12-8-19)26-14-23-16-28-23/h5-12,17,22-23H,3,13-16H2,1H3. The molecule has 4 heteroatoms. The van der Waals surface area contributed by atoms with Crippen molar-refractivity contribution >= 4 is 0 Å². The fourth-order valence-corrected chi connectivity index (χ4v) is 3.62. The molecule has 0 radical (unpaired) electrons. The van der Waals surface area contributed by atoms with E-state index < -0.39 is 0 Å². The Kier molecular flexibility index (Phi) is 4.50. The zero-order valence-corrected chi connectivity index (χ0v) is 16.0. The van der Waals surface area contributed by atoms with E-state index in [9.17, 15) is 0 Å². The number of epoxide rings is 2. The van der Waals surface area contributed by atoms with Crippen LogP contribution in [0.25, 0.3) is 0 Å². The third-order valence-corrected chi connectivity index (χ3v) is 5.86. The van der Waals surface area contributed by atoms with E-state index in [1.54, 1.807) is 0 Å². The molecule has 2 fully saturated rings. The highest BCUT2D eigenvalue weighted by Crippen LogP contribution is 2.43. The van der Waals surface area contributed by atoms with E-state index >= 15 is 0 Å². The van der Waals surface area contributed by atoms with Crippen LogP contribution in [0.2, 0.25) is 0 Å². The molecule has 2 aromatic carbocycles. The lowest BCUT2D eigenvalue weighted by Gasteiger charge is -2.38. The summed E-state index contributed by atoms with van der Waals surface area (Å²) in [5.41, 5.74) is 2.34. The van der Waals surface area contributed by atoms with Gasteiger partial charge in [-0.05, 0) is 35.4 Å². The van der Waals surface area contributed by atoms with Crippen molar-refractivity contribution in [2.24, 2.45) is 5.92 Å². The molecule has 144 valence electrons. The van der Waals surface area contributed by atoms with Crippen molar-refractivity contribution in [2.45, 2.75) is 31.0 Å². The average Bonchev–Trinajstić information content (AvgIpc) is 3.59. The van der Waals surface area contributed by atoms with Gasteiger partial charge in [-0.25, -0.2) is 0 Å². The summed E-state index contributed by atoms with van der Waals surface area (Å²) in [4.78, 5) is 0. The van der Waals surface area contributed by atoms with Gasteiger partial charge in [0.2, 0.25) is 0 Å². The first-order valence-electron chi connectivity index (χ1n) is 9.90. The second-order valence-electron chi connectivity index (χ2n) is 7.86. The normalized spacial score (nSPS) is 26.2. The van der Waals surface area contributed by atoms with Crippen molar-refractivity contribution in [3.8, 4) is 23.3 Å². The summed E-state index contributed by atoms with van der Waals surface area (Å²) in [7, 11) is 0. The maximum Gasteiger partial charge on any atom is 0.119 e. The smallest absolute Gasteiger partial charge is 0.119 e.